The van der Waals surface area contributed by atoms with Crippen LogP contribution in [0.1, 0.15) is 24.8 Å². The maximum absolute atomic E-state index is 14.5. The SMILES string of the molecule is CN(c1ccccc1)c1ccc(CNC(=O)CC2CCCO2)cc1F. The fourth-order valence-corrected chi connectivity index (χ4v) is 3.01. The lowest BCUT2D eigenvalue weighted by atomic mass is 10.1. The lowest BCUT2D eigenvalue weighted by Gasteiger charge is -2.20. The summed E-state index contributed by atoms with van der Waals surface area (Å²) in [6.07, 6.45) is 2.35. The summed E-state index contributed by atoms with van der Waals surface area (Å²) in [6, 6.07) is 14.7. The lowest BCUT2D eigenvalue weighted by Crippen LogP contribution is -2.26. The zero-order chi connectivity index (χ0) is 17.6. The fraction of sp³-hybridized carbons (Fsp3) is 0.350. The third-order valence-corrected chi connectivity index (χ3v) is 4.44. The first-order chi connectivity index (χ1) is 12.1. The summed E-state index contributed by atoms with van der Waals surface area (Å²) in [6.45, 7) is 1.05. The van der Waals surface area contributed by atoms with Gasteiger partial charge in [0.25, 0.3) is 0 Å². The molecule has 0 spiro atoms. The van der Waals surface area contributed by atoms with E-state index in [1.807, 2.05) is 43.4 Å². The predicted molar refractivity (Wildman–Crippen MR) is 96.3 cm³/mol. The maximum atomic E-state index is 14.5. The molecule has 1 aliphatic heterocycles. The molecule has 5 heteroatoms. The molecule has 25 heavy (non-hydrogen) atoms. The Hall–Kier alpha value is -2.40. The van der Waals surface area contributed by atoms with Crippen LogP contribution in [0.4, 0.5) is 15.8 Å². The molecule has 132 valence electrons. The van der Waals surface area contributed by atoms with Gasteiger partial charge in [0.1, 0.15) is 5.82 Å². The Balaban J connectivity index is 1.59. The van der Waals surface area contributed by atoms with Crippen LogP contribution < -0.4 is 10.2 Å². The van der Waals surface area contributed by atoms with Crippen molar-refractivity contribution in [2.24, 2.45) is 0 Å². The second kappa shape index (κ2) is 8.12. The summed E-state index contributed by atoms with van der Waals surface area (Å²) >= 11 is 0. The standard InChI is InChI=1S/C20H23FN2O2/c1-23(16-6-3-2-4-7-16)19-10-9-15(12-18(19)21)14-22-20(24)13-17-8-5-11-25-17/h2-4,6-7,9-10,12,17H,5,8,11,13-14H2,1H3,(H,22,24). The third kappa shape index (κ3) is 4.57. The smallest absolute Gasteiger partial charge is 0.222 e. The van der Waals surface area contributed by atoms with E-state index in [9.17, 15) is 9.18 Å². The Labute approximate surface area is 147 Å². The minimum atomic E-state index is -0.308. The highest BCUT2D eigenvalue weighted by molar-refractivity contribution is 5.76. The molecule has 0 saturated carbocycles. The van der Waals surface area contributed by atoms with Crippen LogP contribution in [0.25, 0.3) is 0 Å². The molecule has 0 bridgehead atoms. The monoisotopic (exact) mass is 342 g/mol. The number of para-hydroxylation sites is 1. The number of halogens is 1. The van der Waals surface area contributed by atoms with E-state index in [0.717, 1.165) is 30.7 Å². The summed E-state index contributed by atoms with van der Waals surface area (Å²) in [5.41, 5.74) is 2.16. The quantitative estimate of drug-likeness (QED) is 0.869. The van der Waals surface area contributed by atoms with E-state index in [1.165, 1.54) is 6.07 Å². The fourth-order valence-electron chi connectivity index (χ4n) is 3.01. The molecule has 1 N–H and O–H groups in total. The van der Waals surface area contributed by atoms with Gasteiger partial charge in [-0.25, -0.2) is 4.39 Å². The topological polar surface area (TPSA) is 41.6 Å². The van der Waals surface area contributed by atoms with Crippen LogP contribution in [-0.4, -0.2) is 25.7 Å². The summed E-state index contributed by atoms with van der Waals surface area (Å²) in [7, 11) is 1.83. The molecule has 1 fully saturated rings. The van der Waals surface area contributed by atoms with Crippen molar-refractivity contribution in [3.05, 3.63) is 59.9 Å². The van der Waals surface area contributed by atoms with E-state index in [-0.39, 0.29) is 17.8 Å². The number of ether oxygens (including phenoxy) is 1. The zero-order valence-electron chi connectivity index (χ0n) is 14.4. The molecule has 2 aromatic rings. The van der Waals surface area contributed by atoms with E-state index in [0.29, 0.717) is 18.7 Å². The van der Waals surface area contributed by atoms with Crippen LogP contribution in [0.15, 0.2) is 48.5 Å². The van der Waals surface area contributed by atoms with E-state index < -0.39 is 0 Å². The van der Waals surface area contributed by atoms with Gasteiger partial charge in [-0.2, -0.15) is 0 Å². The maximum Gasteiger partial charge on any atom is 0.222 e. The number of nitrogens with zero attached hydrogens (tertiary/aromatic N) is 1. The van der Waals surface area contributed by atoms with Crippen LogP contribution in [0.5, 0.6) is 0 Å². The van der Waals surface area contributed by atoms with Gasteiger partial charge in [0.05, 0.1) is 18.2 Å². The average molecular weight is 342 g/mol. The van der Waals surface area contributed by atoms with Crippen molar-refractivity contribution in [1.82, 2.24) is 5.32 Å². The molecule has 0 radical (unpaired) electrons. The molecule has 1 aliphatic rings. The van der Waals surface area contributed by atoms with Crippen molar-refractivity contribution in [3.63, 3.8) is 0 Å². The highest BCUT2D eigenvalue weighted by atomic mass is 19.1. The van der Waals surface area contributed by atoms with Crippen molar-refractivity contribution in [2.75, 3.05) is 18.6 Å². The number of nitrogens with one attached hydrogen (secondary N) is 1. The highest BCUT2D eigenvalue weighted by Crippen LogP contribution is 2.26. The van der Waals surface area contributed by atoms with Crippen LogP contribution in [0.3, 0.4) is 0 Å². The minimum absolute atomic E-state index is 0.0265. The molecule has 1 unspecified atom stereocenters. The van der Waals surface area contributed by atoms with Gasteiger partial charge >= 0.3 is 0 Å². The molecule has 1 saturated heterocycles. The molecule has 1 atom stereocenters. The molecule has 4 nitrogen and oxygen atoms in total. The number of carbonyl (C=O) groups is 1. The average Bonchev–Trinajstić information content (AvgIpc) is 3.13. The molecular formula is C20H23FN2O2. The zero-order valence-corrected chi connectivity index (χ0v) is 14.4. The largest absolute Gasteiger partial charge is 0.378 e. The van der Waals surface area contributed by atoms with Gasteiger partial charge in [0, 0.05) is 25.9 Å². The molecule has 2 aromatic carbocycles. The first-order valence-electron chi connectivity index (χ1n) is 8.59. The Bertz CT molecular complexity index is 715. The van der Waals surface area contributed by atoms with Crippen molar-refractivity contribution < 1.29 is 13.9 Å². The van der Waals surface area contributed by atoms with Crippen molar-refractivity contribution in [2.45, 2.75) is 31.9 Å². The van der Waals surface area contributed by atoms with Crippen molar-refractivity contribution >= 4 is 17.3 Å². The van der Waals surface area contributed by atoms with E-state index >= 15 is 0 Å². The number of hydrogen-bond donors (Lipinski definition) is 1. The van der Waals surface area contributed by atoms with Gasteiger partial charge in [-0.1, -0.05) is 24.3 Å². The summed E-state index contributed by atoms with van der Waals surface area (Å²) < 4.78 is 19.9. The number of anilines is 2. The van der Waals surface area contributed by atoms with E-state index in [1.54, 1.807) is 11.0 Å². The Morgan fingerprint density at radius 1 is 1.28 bits per heavy atom. The summed E-state index contributed by atoms with van der Waals surface area (Å²) in [4.78, 5) is 13.7. The van der Waals surface area contributed by atoms with Crippen LogP contribution in [0.2, 0.25) is 0 Å². The van der Waals surface area contributed by atoms with Crippen LogP contribution in [-0.2, 0) is 16.1 Å². The molecule has 1 amide bonds. The number of hydrogen-bond acceptors (Lipinski definition) is 3. The molecule has 1 heterocycles. The normalized spacial score (nSPS) is 16.6. The lowest BCUT2D eigenvalue weighted by molar-refractivity contribution is -0.123. The van der Waals surface area contributed by atoms with Crippen LogP contribution >= 0.6 is 0 Å². The minimum Gasteiger partial charge on any atom is -0.378 e. The number of benzene rings is 2. The molecule has 0 aromatic heterocycles. The summed E-state index contributed by atoms with van der Waals surface area (Å²) in [5.74, 6) is -0.366. The second-order valence-electron chi connectivity index (χ2n) is 6.30. The van der Waals surface area contributed by atoms with Gasteiger partial charge < -0.3 is 15.0 Å². The first kappa shape index (κ1) is 17.4. The Morgan fingerprint density at radius 3 is 2.76 bits per heavy atom. The van der Waals surface area contributed by atoms with Crippen molar-refractivity contribution in [1.29, 1.82) is 0 Å². The van der Waals surface area contributed by atoms with Gasteiger partial charge in [-0.15, -0.1) is 0 Å². The van der Waals surface area contributed by atoms with E-state index in [2.05, 4.69) is 5.32 Å². The second-order valence-corrected chi connectivity index (χ2v) is 6.30. The van der Waals surface area contributed by atoms with Crippen LogP contribution in [0, 0.1) is 5.82 Å². The predicted octanol–water partition coefficient (Wildman–Crippen LogP) is 3.78. The van der Waals surface area contributed by atoms with Gasteiger partial charge in [-0.05, 0) is 42.7 Å². The number of amides is 1. The highest BCUT2D eigenvalue weighted by Gasteiger charge is 2.19. The number of rotatable bonds is 6. The Morgan fingerprint density at radius 2 is 2.08 bits per heavy atom. The van der Waals surface area contributed by atoms with Gasteiger partial charge in [0.15, 0.2) is 0 Å². The van der Waals surface area contributed by atoms with Crippen molar-refractivity contribution in [3.8, 4) is 0 Å². The molecular weight excluding hydrogens is 319 g/mol. The van der Waals surface area contributed by atoms with Gasteiger partial charge in [-0.3, -0.25) is 4.79 Å². The first-order valence-corrected chi connectivity index (χ1v) is 8.59. The summed E-state index contributed by atoms with van der Waals surface area (Å²) in [5, 5.41) is 2.83. The Kier molecular flexibility index (Phi) is 5.66. The van der Waals surface area contributed by atoms with Gasteiger partial charge in [0.2, 0.25) is 5.91 Å². The molecule has 0 aliphatic carbocycles. The third-order valence-electron chi connectivity index (χ3n) is 4.44. The number of carbonyl (C=O) groups excluding carboxylic acids is 1. The molecule has 3 rings (SSSR count). The van der Waals surface area contributed by atoms with E-state index in [4.69, 9.17) is 4.74 Å².